The second kappa shape index (κ2) is 7.92. The molecule has 2 aliphatic heterocycles. The van der Waals surface area contributed by atoms with Crippen molar-refractivity contribution in [3.8, 4) is 0 Å². The molecule has 9 heteroatoms. The summed E-state index contributed by atoms with van der Waals surface area (Å²) in [5.41, 5.74) is 1.89. The van der Waals surface area contributed by atoms with Gasteiger partial charge in [0, 0.05) is 24.8 Å². The number of nitrogens with one attached hydrogen (secondary N) is 2. The van der Waals surface area contributed by atoms with Crippen LogP contribution in [0.2, 0.25) is 5.02 Å². The molecule has 1 aromatic carbocycles. The number of fused-ring (bicyclic) bond motifs is 2. The Morgan fingerprint density at radius 1 is 1.27 bits per heavy atom. The van der Waals surface area contributed by atoms with Crippen LogP contribution in [-0.4, -0.2) is 52.1 Å². The van der Waals surface area contributed by atoms with E-state index in [9.17, 15) is 4.79 Å². The quantitative estimate of drug-likeness (QED) is 0.653. The number of anilines is 3. The van der Waals surface area contributed by atoms with Gasteiger partial charge in [-0.05, 0) is 57.0 Å². The Morgan fingerprint density at radius 2 is 2.13 bits per heavy atom. The molecule has 0 unspecified atom stereocenters. The third kappa shape index (κ3) is 3.65. The number of likely N-dealkylation sites (N-methyl/N-ethyl adjacent to an activating group) is 1. The second-order valence-electron chi connectivity index (χ2n) is 8.14. The average molecular weight is 429 g/mol. The molecular weight excluding hydrogens is 404 g/mol. The molecule has 2 N–H and O–H groups in total. The van der Waals surface area contributed by atoms with Gasteiger partial charge in [0.05, 0.1) is 11.7 Å². The highest BCUT2D eigenvalue weighted by Gasteiger charge is 2.36. The Hall–Kier alpha value is -2.58. The van der Waals surface area contributed by atoms with Crippen molar-refractivity contribution < 1.29 is 4.42 Å². The number of H-pyrrole nitrogens is 1. The van der Waals surface area contributed by atoms with E-state index in [1.807, 2.05) is 6.07 Å². The van der Waals surface area contributed by atoms with Crippen molar-refractivity contribution in [1.29, 1.82) is 0 Å². The lowest BCUT2D eigenvalue weighted by Gasteiger charge is -2.47. The number of nitrogens with zero attached hydrogens (tertiary/aromatic N) is 4. The lowest BCUT2D eigenvalue weighted by molar-refractivity contribution is 0.0894. The minimum absolute atomic E-state index is 0.395. The van der Waals surface area contributed by atoms with Crippen molar-refractivity contribution in [2.24, 2.45) is 0 Å². The summed E-state index contributed by atoms with van der Waals surface area (Å²) >= 11 is 6.51. The van der Waals surface area contributed by atoms with E-state index < -0.39 is 5.76 Å². The van der Waals surface area contributed by atoms with Crippen molar-refractivity contribution in [1.82, 2.24) is 19.9 Å². The molecule has 2 aromatic heterocycles. The van der Waals surface area contributed by atoms with Crippen LogP contribution >= 0.6 is 11.6 Å². The molecule has 2 saturated heterocycles. The van der Waals surface area contributed by atoms with Crippen LogP contribution in [0.3, 0.4) is 0 Å². The van der Waals surface area contributed by atoms with Gasteiger partial charge in [0.15, 0.2) is 11.4 Å². The van der Waals surface area contributed by atoms with E-state index in [1.165, 1.54) is 38.8 Å². The van der Waals surface area contributed by atoms with Gasteiger partial charge < -0.3 is 14.6 Å². The van der Waals surface area contributed by atoms with Crippen LogP contribution in [0.4, 0.5) is 17.5 Å². The summed E-state index contributed by atoms with van der Waals surface area (Å²) in [5.74, 6) is 0.727. The van der Waals surface area contributed by atoms with E-state index in [0.717, 1.165) is 17.9 Å². The molecule has 4 heterocycles. The van der Waals surface area contributed by atoms with Gasteiger partial charge in [0.25, 0.3) is 0 Å². The highest BCUT2D eigenvalue weighted by atomic mass is 35.5. The van der Waals surface area contributed by atoms with Crippen LogP contribution in [0.25, 0.3) is 11.1 Å². The summed E-state index contributed by atoms with van der Waals surface area (Å²) in [4.78, 5) is 28.0. The van der Waals surface area contributed by atoms with Crippen LogP contribution in [0.5, 0.6) is 0 Å². The normalized spacial score (nSPS) is 22.1. The van der Waals surface area contributed by atoms with E-state index in [2.05, 4.69) is 32.1 Å². The molecule has 0 bridgehead atoms. The van der Waals surface area contributed by atoms with Gasteiger partial charge in [-0.15, -0.1) is 0 Å². The number of piperidine rings is 2. The topological polar surface area (TPSA) is 90.3 Å². The van der Waals surface area contributed by atoms with Crippen LogP contribution in [0.15, 0.2) is 33.6 Å². The third-order valence-corrected chi connectivity index (χ3v) is 6.55. The van der Waals surface area contributed by atoms with Gasteiger partial charge in [-0.2, -0.15) is 4.98 Å². The Labute approximate surface area is 179 Å². The Bertz CT molecular complexity index is 1110. The zero-order valence-corrected chi connectivity index (χ0v) is 17.7. The van der Waals surface area contributed by atoms with E-state index in [0.29, 0.717) is 34.2 Å². The molecule has 0 spiro atoms. The predicted molar refractivity (Wildman–Crippen MR) is 118 cm³/mol. The van der Waals surface area contributed by atoms with Gasteiger partial charge >= 0.3 is 5.76 Å². The van der Waals surface area contributed by atoms with Gasteiger partial charge in [-0.1, -0.05) is 18.0 Å². The van der Waals surface area contributed by atoms with Crippen molar-refractivity contribution in [2.45, 2.75) is 44.2 Å². The Morgan fingerprint density at radius 3 is 3.03 bits per heavy atom. The summed E-state index contributed by atoms with van der Waals surface area (Å²) in [6.45, 7) is 2.38. The molecule has 2 aliphatic rings. The molecule has 0 saturated carbocycles. The van der Waals surface area contributed by atoms with Crippen LogP contribution in [-0.2, 0) is 0 Å². The lowest BCUT2D eigenvalue weighted by atomic mass is 9.88. The molecule has 30 heavy (non-hydrogen) atoms. The van der Waals surface area contributed by atoms with Crippen molar-refractivity contribution in [2.75, 3.05) is 30.4 Å². The first-order valence-electron chi connectivity index (χ1n) is 10.5. The lowest BCUT2D eigenvalue weighted by Crippen LogP contribution is -2.56. The molecule has 2 atom stereocenters. The summed E-state index contributed by atoms with van der Waals surface area (Å²) in [5, 5.41) is 3.75. The van der Waals surface area contributed by atoms with Gasteiger partial charge in [0.2, 0.25) is 5.95 Å². The first kappa shape index (κ1) is 19.4. The first-order valence-corrected chi connectivity index (χ1v) is 10.9. The Balaban J connectivity index is 1.40. The van der Waals surface area contributed by atoms with E-state index in [-0.39, 0.29) is 0 Å². The monoisotopic (exact) mass is 428 g/mol. The fourth-order valence-corrected chi connectivity index (χ4v) is 5.08. The van der Waals surface area contributed by atoms with E-state index in [4.69, 9.17) is 21.0 Å². The fraction of sp³-hybridized carbons (Fsp3) is 0.476. The summed E-state index contributed by atoms with van der Waals surface area (Å²) in [7, 11) is 2.09. The Kier molecular flexibility index (Phi) is 5.12. The van der Waals surface area contributed by atoms with Crippen molar-refractivity contribution >= 4 is 40.2 Å². The fourth-order valence-electron chi connectivity index (χ4n) is 4.86. The summed E-state index contributed by atoms with van der Waals surface area (Å²) in [6.07, 6.45) is 7.79. The second-order valence-corrected chi connectivity index (χ2v) is 8.54. The maximum Gasteiger partial charge on any atom is 0.417 e. The summed E-state index contributed by atoms with van der Waals surface area (Å²) < 4.78 is 5.05. The zero-order valence-electron chi connectivity index (χ0n) is 16.9. The smallest absolute Gasteiger partial charge is 0.408 e. The maximum atomic E-state index is 11.4. The molecule has 3 aromatic rings. The molecule has 158 valence electrons. The van der Waals surface area contributed by atoms with Gasteiger partial charge in [-0.3, -0.25) is 9.88 Å². The molecule has 8 nitrogen and oxygen atoms in total. The zero-order chi connectivity index (χ0) is 20.7. The average Bonchev–Trinajstić information content (AvgIpc) is 3.13. The number of benzene rings is 1. The number of hydrogen-bond acceptors (Lipinski definition) is 7. The van der Waals surface area contributed by atoms with Crippen LogP contribution in [0, 0.1) is 0 Å². The standard InChI is InChI=1S/C21H25ClN6O2/c1-27(16-6-4-10-28-9-3-2-5-17(16)28)19-14(22)12-23-20(26-19)24-13-7-8-18-15(11-13)25-21(29)30-18/h7-8,11-12,16-17H,2-6,9-10H2,1H3,(H,25,29)(H,23,24,26)/t16-,17+/m0/s1. The SMILES string of the molecule is CN(c1nc(Nc2ccc3oc(=O)[nH]c3c2)ncc1Cl)[C@H]1CCCN2CCCC[C@H]12. The molecule has 5 rings (SSSR count). The van der Waals surface area contributed by atoms with Crippen LogP contribution < -0.4 is 16.0 Å². The van der Waals surface area contributed by atoms with Crippen LogP contribution in [0.1, 0.15) is 32.1 Å². The number of oxazole rings is 1. The number of halogens is 1. The minimum atomic E-state index is -0.474. The summed E-state index contributed by atoms with van der Waals surface area (Å²) in [6, 6.07) is 6.30. The number of aromatic nitrogens is 3. The van der Waals surface area contributed by atoms with E-state index in [1.54, 1.807) is 18.3 Å². The van der Waals surface area contributed by atoms with Crippen molar-refractivity contribution in [3.05, 3.63) is 40.0 Å². The first-order chi connectivity index (χ1) is 14.6. The largest absolute Gasteiger partial charge is 0.417 e. The minimum Gasteiger partial charge on any atom is -0.408 e. The molecular formula is C21H25ClN6O2. The third-order valence-electron chi connectivity index (χ3n) is 6.29. The van der Waals surface area contributed by atoms with Gasteiger partial charge in [0.1, 0.15) is 5.02 Å². The highest BCUT2D eigenvalue weighted by molar-refractivity contribution is 6.32. The molecule has 0 aliphatic carbocycles. The predicted octanol–water partition coefficient (Wildman–Crippen LogP) is 3.76. The number of hydrogen-bond donors (Lipinski definition) is 2. The maximum absolute atomic E-state index is 11.4. The number of aromatic amines is 1. The highest BCUT2D eigenvalue weighted by Crippen LogP contribution is 2.33. The van der Waals surface area contributed by atoms with Crippen molar-refractivity contribution in [3.63, 3.8) is 0 Å². The molecule has 2 fully saturated rings. The van der Waals surface area contributed by atoms with Gasteiger partial charge in [-0.25, -0.2) is 9.78 Å². The number of rotatable bonds is 4. The van der Waals surface area contributed by atoms with E-state index >= 15 is 0 Å². The molecule has 0 radical (unpaired) electrons. The molecule has 0 amide bonds.